The van der Waals surface area contributed by atoms with Crippen LogP contribution in [0.1, 0.15) is 64.1 Å². The van der Waals surface area contributed by atoms with Crippen molar-refractivity contribution in [2.75, 3.05) is 20.2 Å². The van der Waals surface area contributed by atoms with Crippen LogP contribution in [-0.2, 0) is 30.3 Å². The van der Waals surface area contributed by atoms with Crippen LogP contribution in [0.25, 0.3) is 0 Å². The van der Waals surface area contributed by atoms with Crippen LogP contribution < -0.4 is 10.6 Å². The number of benzene rings is 1. The fourth-order valence-corrected chi connectivity index (χ4v) is 3.48. The molecule has 1 aromatic rings. The first-order chi connectivity index (χ1) is 15.6. The van der Waals surface area contributed by atoms with Crippen LogP contribution in [0.2, 0.25) is 0 Å². The molecule has 0 heterocycles. The van der Waals surface area contributed by atoms with E-state index in [1.807, 2.05) is 31.2 Å². The van der Waals surface area contributed by atoms with Crippen molar-refractivity contribution in [3.63, 3.8) is 0 Å². The number of ether oxygens (including phenoxy) is 2. The molecule has 9 heteroatoms. The third-order valence-electron chi connectivity index (χ3n) is 5.40. The molecular weight excluding hydrogens is 426 g/mol. The molecule has 0 spiro atoms. The number of hydrogen-bond acceptors (Lipinski definition) is 6. The minimum atomic E-state index is -0.946. The maximum absolute atomic E-state index is 13.3. The lowest BCUT2D eigenvalue weighted by atomic mass is 9.88. The van der Waals surface area contributed by atoms with Gasteiger partial charge in [0.15, 0.2) is 0 Å². The maximum atomic E-state index is 13.3. The Morgan fingerprint density at radius 3 is 2.18 bits per heavy atom. The van der Waals surface area contributed by atoms with Crippen molar-refractivity contribution in [1.82, 2.24) is 15.5 Å². The van der Waals surface area contributed by atoms with E-state index in [1.165, 1.54) is 12.0 Å². The Hall–Kier alpha value is -3.10. The highest BCUT2D eigenvalue weighted by atomic mass is 16.6. The summed E-state index contributed by atoms with van der Waals surface area (Å²) in [7, 11) is 1.24. The molecule has 2 rings (SSSR count). The monoisotopic (exact) mass is 461 g/mol. The number of amides is 3. The van der Waals surface area contributed by atoms with E-state index in [-0.39, 0.29) is 19.1 Å². The van der Waals surface area contributed by atoms with Crippen LogP contribution in [0.4, 0.5) is 4.79 Å². The zero-order valence-electron chi connectivity index (χ0n) is 20.1. The van der Waals surface area contributed by atoms with Crippen molar-refractivity contribution in [2.45, 2.75) is 71.1 Å². The summed E-state index contributed by atoms with van der Waals surface area (Å²) in [6, 6.07) is 6.39. The Labute approximate surface area is 195 Å². The molecule has 2 N–H and O–H groups in total. The first kappa shape index (κ1) is 26.2. The molecule has 0 aliphatic heterocycles. The molecule has 0 bridgehead atoms. The van der Waals surface area contributed by atoms with Crippen LogP contribution >= 0.6 is 0 Å². The van der Waals surface area contributed by atoms with Crippen LogP contribution in [-0.4, -0.2) is 60.6 Å². The number of hydrogen-bond donors (Lipinski definition) is 2. The van der Waals surface area contributed by atoms with Gasteiger partial charge in [-0.1, -0.05) is 31.2 Å². The first-order valence-electron chi connectivity index (χ1n) is 11.3. The minimum Gasteiger partial charge on any atom is -0.468 e. The van der Waals surface area contributed by atoms with Gasteiger partial charge in [0.05, 0.1) is 7.11 Å². The number of carbonyl (C=O) groups is 4. The fraction of sp³-hybridized carbons (Fsp3) is 0.583. The number of carbonyl (C=O) groups excluding carboxylic acids is 4. The predicted octanol–water partition coefficient (Wildman–Crippen LogP) is 2.49. The Bertz CT molecular complexity index is 843. The molecule has 1 aliphatic carbocycles. The third-order valence-corrected chi connectivity index (χ3v) is 5.40. The van der Waals surface area contributed by atoms with Crippen molar-refractivity contribution >= 4 is 23.9 Å². The maximum Gasteiger partial charge on any atom is 0.408 e. The number of nitrogens with one attached hydrogen (secondary N) is 2. The average molecular weight is 462 g/mol. The van der Waals surface area contributed by atoms with Crippen molar-refractivity contribution in [1.29, 1.82) is 0 Å². The van der Waals surface area contributed by atoms with Crippen molar-refractivity contribution in [3.05, 3.63) is 35.4 Å². The molecule has 9 nitrogen and oxygen atoms in total. The van der Waals surface area contributed by atoms with Gasteiger partial charge in [0.2, 0.25) is 11.8 Å². The molecule has 0 radical (unpaired) electrons. The Balaban J connectivity index is 2.28. The zero-order valence-corrected chi connectivity index (χ0v) is 20.1. The largest absolute Gasteiger partial charge is 0.468 e. The van der Waals surface area contributed by atoms with Gasteiger partial charge >= 0.3 is 12.1 Å². The summed E-state index contributed by atoms with van der Waals surface area (Å²) >= 11 is 0. The Morgan fingerprint density at radius 1 is 1.06 bits per heavy atom. The summed E-state index contributed by atoms with van der Waals surface area (Å²) in [5.41, 5.74) is 1.03. The average Bonchev–Trinajstić information content (AvgIpc) is 2.73. The summed E-state index contributed by atoms with van der Waals surface area (Å²) in [5, 5.41) is 5.06. The van der Waals surface area contributed by atoms with Gasteiger partial charge in [0.1, 0.15) is 24.7 Å². The highest BCUT2D eigenvalue weighted by Gasteiger charge is 2.39. The van der Waals surface area contributed by atoms with E-state index < -0.39 is 35.5 Å². The van der Waals surface area contributed by atoms with Gasteiger partial charge in [0.25, 0.3) is 0 Å². The van der Waals surface area contributed by atoms with Gasteiger partial charge in [0, 0.05) is 6.04 Å². The van der Waals surface area contributed by atoms with Crippen LogP contribution in [0.5, 0.6) is 0 Å². The van der Waals surface area contributed by atoms with Gasteiger partial charge < -0.3 is 25.0 Å². The van der Waals surface area contributed by atoms with Crippen LogP contribution in [0.15, 0.2) is 24.3 Å². The van der Waals surface area contributed by atoms with Crippen LogP contribution in [0.3, 0.4) is 0 Å². The number of esters is 1. The summed E-state index contributed by atoms with van der Waals surface area (Å²) < 4.78 is 9.83. The second kappa shape index (κ2) is 11.7. The molecule has 0 aromatic heterocycles. The molecular formula is C24H35N3O6. The lowest BCUT2D eigenvalue weighted by molar-refractivity contribution is -0.146. The molecule has 33 heavy (non-hydrogen) atoms. The number of alkyl carbamates (subject to hydrolysis) is 1. The highest BCUT2D eigenvalue weighted by molar-refractivity contribution is 5.92. The second-order valence-electron chi connectivity index (χ2n) is 9.03. The lowest BCUT2D eigenvalue weighted by Crippen LogP contribution is -2.54. The van der Waals surface area contributed by atoms with E-state index in [0.29, 0.717) is 5.56 Å². The van der Waals surface area contributed by atoms with Crippen LogP contribution in [0, 0.1) is 0 Å². The molecule has 1 unspecified atom stereocenters. The minimum absolute atomic E-state index is 0.141. The molecule has 0 saturated heterocycles. The predicted molar refractivity (Wildman–Crippen MR) is 122 cm³/mol. The lowest BCUT2D eigenvalue weighted by Gasteiger charge is -2.42. The molecule has 1 fully saturated rings. The fourth-order valence-electron chi connectivity index (χ4n) is 3.48. The Kier molecular flexibility index (Phi) is 9.25. The van der Waals surface area contributed by atoms with Gasteiger partial charge in [-0.2, -0.15) is 0 Å². The molecule has 182 valence electrons. The highest BCUT2D eigenvalue weighted by Crippen LogP contribution is 2.33. The summed E-state index contributed by atoms with van der Waals surface area (Å²) in [5.74, 6) is -1.47. The van der Waals surface area contributed by atoms with E-state index in [4.69, 9.17) is 4.74 Å². The van der Waals surface area contributed by atoms with E-state index in [0.717, 1.165) is 31.2 Å². The van der Waals surface area contributed by atoms with E-state index >= 15 is 0 Å². The smallest absolute Gasteiger partial charge is 0.408 e. The third kappa shape index (κ3) is 7.76. The van der Waals surface area contributed by atoms with Gasteiger partial charge in [-0.05, 0) is 57.6 Å². The first-order valence-corrected chi connectivity index (χ1v) is 11.3. The van der Waals surface area contributed by atoms with E-state index in [1.54, 1.807) is 20.8 Å². The molecule has 1 aromatic carbocycles. The van der Waals surface area contributed by atoms with Crippen molar-refractivity contribution < 1.29 is 28.7 Å². The summed E-state index contributed by atoms with van der Waals surface area (Å²) in [6.45, 7) is 6.62. The topological polar surface area (TPSA) is 114 Å². The number of aryl methyl sites for hydroxylation is 1. The van der Waals surface area contributed by atoms with Crippen molar-refractivity contribution in [3.8, 4) is 0 Å². The number of rotatable bonds is 9. The van der Waals surface area contributed by atoms with Gasteiger partial charge in [-0.3, -0.25) is 14.4 Å². The molecule has 3 amide bonds. The summed E-state index contributed by atoms with van der Waals surface area (Å²) in [4.78, 5) is 51.6. The normalized spacial score (nSPS) is 14.5. The van der Waals surface area contributed by atoms with Gasteiger partial charge in [-0.15, -0.1) is 0 Å². The Morgan fingerprint density at radius 2 is 1.70 bits per heavy atom. The van der Waals surface area contributed by atoms with Gasteiger partial charge in [-0.25, -0.2) is 4.79 Å². The van der Waals surface area contributed by atoms with E-state index in [9.17, 15) is 19.2 Å². The van der Waals surface area contributed by atoms with Crippen molar-refractivity contribution in [2.24, 2.45) is 0 Å². The number of methoxy groups -OCH3 is 1. The number of nitrogens with zero attached hydrogens (tertiary/aromatic N) is 1. The van der Waals surface area contributed by atoms with E-state index in [2.05, 4.69) is 15.4 Å². The molecule has 1 saturated carbocycles. The summed E-state index contributed by atoms with van der Waals surface area (Å²) in [6.07, 6.45) is 2.59. The molecule has 1 aliphatic rings. The molecule has 1 atom stereocenters. The SMILES string of the molecule is CCc1ccc(C(C(=O)NCC(=O)OC)N(C(=O)CNC(=O)OC(C)(C)C)C2CCC2)cc1. The zero-order chi connectivity index (χ0) is 24.6. The standard InChI is InChI=1S/C24H35N3O6/c1-6-16-10-12-17(13-11-16)21(22(30)25-15-20(29)32-5)27(18-8-7-9-18)19(28)14-26-23(31)33-24(2,3)4/h10-13,18,21H,6-9,14-15H2,1-5H3,(H,25,30)(H,26,31). The second-order valence-corrected chi connectivity index (χ2v) is 9.03. The quantitative estimate of drug-likeness (QED) is 0.546.